The summed E-state index contributed by atoms with van der Waals surface area (Å²) in [5, 5.41) is 9.08. The highest BCUT2D eigenvalue weighted by atomic mass is 16.4. The van der Waals surface area contributed by atoms with E-state index >= 15 is 0 Å². The zero-order valence-electron chi connectivity index (χ0n) is 11.8. The average molecular weight is 265 g/mol. The van der Waals surface area contributed by atoms with E-state index in [-0.39, 0.29) is 0 Å². The van der Waals surface area contributed by atoms with Crippen molar-refractivity contribution in [1.29, 1.82) is 0 Å². The number of rotatable bonds is 4. The normalized spacial score (nSPS) is 21.5. The first-order chi connectivity index (χ1) is 9.08. The maximum absolute atomic E-state index is 11.1. The third-order valence-corrected chi connectivity index (χ3v) is 4.15. The van der Waals surface area contributed by atoms with E-state index in [9.17, 15) is 4.79 Å². The van der Waals surface area contributed by atoms with Gasteiger partial charge in [0.15, 0.2) is 0 Å². The van der Waals surface area contributed by atoms with Gasteiger partial charge >= 0.3 is 5.97 Å². The summed E-state index contributed by atoms with van der Waals surface area (Å²) in [4.78, 5) is 13.4. The lowest BCUT2D eigenvalue weighted by atomic mass is 9.89. The Hall–Kier alpha value is -1.29. The number of carboxylic acids is 1. The van der Waals surface area contributed by atoms with E-state index in [2.05, 4.69) is 18.7 Å². The minimum absolute atomic E-state index is 0.296. The van der Waals surface area contributed by atoms with Crippen molar-refractivity contribution in [1.82, 2.24) is 4.90 Å². The van der Waals surface area contributed by atoms with E-state index in [1.807, 2.05) is 0 Å². The van der Waals surface area contributed by atoms with Crippen molar-refractivity contribution in [3.8, 4) is 0 Å². The van der Waals surface area contributed by atoms with E-state index in [0.717, 1.165) is 24.9 Å². The second-order valence-corrected chi connectivity index (χ2v) is 5.77. The molecule has 0 spiro atoms. The number of likely N-dealkylation sites (tertiary alicyclic amines) is 1. The number of nitrogens with zero attached hydrogens (tertiary/aromatic N) is 1. The molecule has 0 aromatic carbocycles. The van der Waals surface area contributed by atoms with Crippen LogP contribution < -0.4 is 0 Å². The minimum Gasteiger partial charge on any atom is -0.478 e. The van der Waals surface area contributed by atoms with Gasteiger partial charge in [-0.3, -0.25) is 4.90 Å². The van der Waals surface area contributed by atoms with Crippen molar-refractivity contribution < 1.29 is 14.3 Å². The SMILES string of the molecule is CC(C)C1CCCN(Cc2occc2C(=O)O)CC1. The monoisotopic (exact) mass is 265 g/mol. The lowest BCUT2D eigenvalue weighted by Crippen LogP contribution is -2.25. The van der Waals surface area contributed by atoms with Crippen LogP contribution in [0.3, 0.4) is 0 Å². The fraction of sp³-hybridized carbons (Fsp3) is 0.667. The maximum atomic E-state index is 11.1. The van der Waals surface area contributed by atoms with Crippen molar-refractivity contribution in [2.75, 3.05) is 13.1 Å². The molecule has 1 N–H and O–H groups in total. The van der Waals surface area contributed by atoms with Gasteiger partial charge in [0, 0.05) is 0 Å². The van der Waals surface area contributed by atoms with Gasteiger partial charge in [-0.2, -0.15) is 0 Å². The molecule has 106 valence electrons. The summed E-state index contributed by atoms with van der Waals surface area (Å²) in [6, 6.07) is 1.53. The van der Waals surface area contributed by atoms with Gasteiger partial charge in [-0.05, 0) is 50.3 Å². The van der Waals surface area contributed by atoms with Gasteiger partial charge in [-0.15, -0.1) is 0 Å². The number of hydrogen-bond donors (Lipinski definition) is 1. The molecule has 2 heterocycles. The van der Waals surface area contributed by atoms with Crippen molar-refractivity contribution in [2.45, 2.75) is 39.7 Å². The van der Waals surface area contributed by atoms with Crippen LogP contribution in [-0.4, -0.2) is 29.1 Å². The van der Waals surface area contributed by atoms with E-state index in [0.29, 0.717) is 17.9 Å². The molecular weight excluding hydrogens is 242 g/mol. The number of hydrogen-bond acceptors (Lipinski definition) is 3. The van der Waals surface area contributed by atoms with Crippen molar-refractivity contribution in [3.63, 3.8) is 0 Å². The molecule has 0 amide bonds. The van der Waals surface area contributed by atoms with Crippen LogP contribution in [-0.2, 0) is 6.54 Å². The van der Waals surface area contributed by atoms with Crippen LogP contribution in [0.25, 0.3) is 0 Å². The van der Waals surface area contributed by atoms with Gasteiger partial charge in [0.25, 0.3) is 0 Å². The minimum atomic E-state index is -0.904. The zero-order chi connectivity index (χ0) is 13.8. The van der Waals surface area contributed by atoms with Crippen LogP contribution in [0.2, 0.25) is 0 Å². The number of furan rings is 1. The molecule has 1 aliphatic heterocycles. The number of carboxylic acid groups (broad SMARTS) is 1. The summed E-state index contributed by atoms with van der Waals surface area (Å²) >= 11 is 0. The van der Waals surface area contributed by atoms with Gasteiger partial charge < -0.3 is 9.52 Å². The molecule has 0 aliphatic carbocycles. The van der Waals surface area contributed by atoms with Gasteiger partial charge in [0.2, 0.25) is 0 Å². The Bertz CT molecular complexity index is 425. The summed E-state index contributed by atoms with van der Waals surface area (Å²) in [6.07, 6.45) is 5.12. The molecule has 4 heteroatoms. The Morgan fingerprint density at radius 2 is 2.26 bits per heavy atom. The molecule has 2 rings (SSSR count). The Kier molecular flexibility index (Phi) is 4.64. The third-order valence-electron chi connectivity index (χ3n) is 4.15. The number of carbonyl (C=O) groups is 1. The molecular formula is C15H23NO3. The van der Waals surface area contributed by atoms with Crippen LogP contribution >= 0.6 is 0 Å². The number of aromatic carboxylic acids is 1. The predicted octanol–water partition coefficient (Wildman–Crippen LogP) is 3.24. The first-order valence-corrected chi connectivity index (χ1v) is 7.10. The molecule has 0 radical (unpaired) electrons. The molecule has 1 aromatic heterocycles. The van der Waals surface area contributed by atoms with E-state index in [1.54, 1.807) is 0 Å². The van der Waals surface area contributed by atoms with Crippen LogP contribution in [0, 0.1) is 11.8 Å². The summed E-state index contributed by atoms with van der Waals surface area (Å²) in [5.41, 5.74) is 0.296. The highest BCUT2D eigenvalue weighted by Crippen LogP contribution is 2.25. The van der Waals surface area contributed by atoms with E-state index < -0.39 is 5.97 Å². The fourth-order valence-corrected chi connectivity index (χ4v) is 2.86. The summed E-state index contributed by atoms with van der Waals surface area (Å²) in [7, 11) is 0. The van der Waals surface area contributed by atoms with E-state index in [1.165, 1.54) is 31.6 Å². The Morgan fingerprint density at radius 3 is 2.95 bits per heavy atom. The Labute approximate surface area is 114 Å². The Balaban J connectivity index is 1.96. The second-order valence-electron chi connectivity index (χ2n) is 5.77. The summed E-state index contributed by atoms with van der Waals surface area (Å²) in [5.74, 6) is 1.20. The van der Waals surface area contributed by atoms with Crippen molar-refractivity contribution in [3.05, 3.63) is 23.7 Å². The molecule has 1 aliphatic rings. The predicted molar refractivity (Wildman–Crippen MR) is 73.1 cm³/mol. The fourth-order valence-electron chi connectivity index (χ4n) is 2.86. The molecule has 1 atom stereocenters. The molecule has 1 fully saturated rings. The molecule has 1 aromatic rings. The quantitative estimate of drug-likeness (QED) is 0.908. The van der Waals surface area contributed by atoms with Crippen LogP contribution in [0.1, 0.15) is 49.2 Å². The lowest BCUT2D eigenvalue weighted by molar-refractivity contribution is 0.0692. The highest BCUT2D eigenvalue weighted by molar-refractivity contribution is 5.88. The zero-order valence-corrected chi connectivity index (χ0v) is 11.8. The topological polar surface area (TPSA) is 53.7 Å². The molecule has 1 saturated heterocycles. The molecule has 19 heavy (non-hydrogen) atoms. The van der Waals surface area contributed by atoms with Gasteiger partial charge in [0.05, 0.1) is 12.8 Å². The van der Waals surface area contributed by atoms with Crippen LogP contribution in [0.5, 0.6) is 0 Å². The average Bonchev–Trinajstić information content (AvgIpc) is 2.67. The highest BCUT2D eigenvalue weighted by Gasteiger charge is 2.22. The third kappa shape index (κ3) is 3.60. The van der Waals surface area contributed by atoms with Crippen molar-refractivity contribution in [2.24, 2.45) is 11.8 Å². The maximum Gasteiger partial charge on any atom is 0.339 e. The van der Waals surface area contributed by atoms with Crippen LogP contribution in [0.15, 0.2) is 16.7 Å². The summed E-state index contributed by atoms with van der Waals surface area (Å²) in [6.45, 7) is 7.25. The Morgan fingerprint density at radius 1 is 1.47 bits per heavy atom. The smallest absolute Gasteiger partial charge is 0.339 e. The molecule has 4 nitrogen and oxygen atoms in total. The van der Waals surface area contributed by atoms with Crippen LogP contribution in [0.4, 0.5) is 0 Å². The molecule has 1 unspecified atom stereocenters. The van der Waals surface area contributed by atoms with Gasteiger partial charge in [-0.25, -0.2) is 4.79 Å². The first kappa shape index (κ1) is 14.1. The standard InChI is InChI=1S/C15H23NO3/c1-11(2)12-4-3-7-16(8-5-12)10-14-13(15(17)18)6-9-19-14/h6,9,11-12H,3-5,7-8,10H2,1-2H3,(H,17,18). The lowest BCUT2D eigenvalue weighted by Gasteiger charge is -2.20. The van der Waals surface area contributed by atoms with Crippen molar-refractivity contribution >= 4 is 5.97 Å². The second kappa shape index (κ2) is 6.24. The largest absolute Gasteiger partial charge is 0.478 e. The first-order valence-electron chi connectivity index (χ1n) is 7.10. The summed E-state index contributed by atoms with van der Waals surface area (Å²) < 4.78 is 5.32. The van der Waals surface area contributed by atoms with Gasteiger partial charge in [0.1, 0.15) is 11.3 Å². The molecule has 0 saturated carbocycles. The van der Waals surface area contributed by atoms with Gasteiger partial charge in [-0.1, -0.05) is 13.8 Å². The molecule has 0 bridgehead atoms. The van der Waals surface area contributed by atoms with E-state index in [4.69, 9.17) is 9.52 Å².